The van der Waals surface area contributed by atoms with Crippen molar-refractivity contribution in [3.63, 3.8) is 0 Å². The maximum absolute atomic E-state index is 12.3. The van der Waals surface area contributed by atoms with Crippen molar-refractivity contribution in [2.45, 2.75) is 26.6 Å². The van der Waals surface area contributed by atoms with Gasteiger partial charge in [0.25, 0.3) is 0 Å². The number of hydrogen-bond donors (Lipinski definition) is 2. The minimum atomic E-state index is -4.82. The lowest BCUT2D eigenvalue weighted by molar-refractivity contribution is -0.274. The average Bonchev–Trinajstić information content (AvgIpc) is 2.43. The summed E-state index contributed by atoms with van der Waals surface area (Å²) in [6, 6.07) is 4.73. The summed E-state index contributed by atoms with van der Waals surface area (Å²) in [7, 11) is 0. The number of carbonyl (C=O) groups excluding carboxylic acids is 1. The highest BCUT2D eigenvalue weighted by Crippen LogP contribution is 2.29. The molecule has 0 fully saturated rings. The molecule has 0 aliphatic carbocycles. The van der Waals surface area contributed by atoms with E-state index in [1.54, 1.807) is 0 Å². The SMILES string of the molecule is CC(C)COCCCNC(=O)Nc1ccccc1OC(F)(F)F. The van der Waals surface area contributed by atoms with Gasteiger partial charge in [-0.1, -0.05) is 26.0 Å². The molecule has 23 heavy (non-hydrogen) atoms. The van der Waals surface area contributed by atoms with E-state index in [9.17, 15) is 18.0 Å². The monoisotopic (exact) mass is 334 g/mol. The number of carbonyl (C=O) groups is 1. The zero-order valence-electron chi connectivity index (χ0n) is 13.1. The Bertz CT molecular complexity index is 493. The van der Waals surface area contributed by atoms with Gasteiger partial charge < -0.3 is 20.1 Å². The third-order valence-corrected chi connectivity index (χ3v) is 2.56. The number of benzene rings is 1. The van der Waals surface area contributed by atoms with Crippen molar-refractivity contribution in [2.75, 3.05) is 25.1 Å². The number of nitrogens with one attached hydrogen (secondary N) is 2. The van der Waals surface area contributed by atoms with Crippen LogP contribution in [-0.4, -0.2) is 32.2 Å². The van der Waals surface area contributed by atoms with Crippen LogP contribution in [0, 0.1) is 5.92 Å². The van der Waals surface area contributed by atoms with Gasteiger partial charge in [0.2, 0.25) is 0 Å². The molecule has 0 atom stereocenters. The molecular formula is C15H21F3N2O3. The van der Waals surface area contributed by atoms with E-state index in [-0.39, 0.29) is 5.69 Å². The molecule has 2 N–H and O–H groups in total. The van der Waals surface area contributed by atoms with Crippen molar-refractivity contribution in [1.82, 2.24) is 5.32 Å². The van der Waals surface area contributed by atoms with Gasteiger partial charge in [-0.3, -0.25) is 0 Å². The van der Waals surface area contributed by atoms with Gasteiger partial charge in [-0.15, -0.1) is 13.2 Å². The van der Waals surface area contributed by atoms with E-state index in [2.05, 4.69) is 15.4 Å². The van der Waals surface area contributed by atoms with Gasteiger partial charge >= 0.3 is 12.4 Å². The minimum Gasteiger partial charge on any atom is -0.404 e. The topological polar surface area (TPSA) is 59.6 Å². The van der Waals surface area contributed by atoms with E-state index >= 15 is 0 Å². The second-order valence-electron chi connectivity index (χ2n) is 5.25. The smallest absolute Gasteiger partial charge is 0.404 e. The third kappa shape index (κ3) is 8.92. The molecule has 1 rings (SSSR count). The Morgan fingerprint density at radius 3 is 2.61 bits per heavy atom. The van der Waals surface area contributed by atoms with Crippen LogP contribution < -0.4 is 15.4 Å². The fraction of sp³-hybridized carbons (Fsp3) is 0.533. The molecule has 0 aliphatic rings. The van der Waals surface area contributed by atoms with Crippen LogP contribution in [0.3, 0.4) is 0 Å². The standard InChI is InChI=1S/C15H21F3N2O3/c1-11(2)10-22-9-5-8-19-14(21)20-12-6-3-4-7-13(12)23-15(16,17)18/h3-4,6-7,11H,5,8-10H2,1-2H3,(H2,19,20,21). The number of halogens is 3. The van der Waals surface area contributed by atoms with Crippen LogP contribution in [0.25, 0.3) is 0 Å². The number of rotatable bonds is 8. The Morgan fingerprint density at radius 1 is 1.26 bits per heavy atom. The molecule has 1 aromatic rings. The van der Waals surface area contributed by atoms with Crippen molar-refractivity contribution < 1.29 is 27.4 Å². The average molecular weight is 334 g/mol. The third-order valence-electron chi connectivity index (χ3n) is 2.56. The highest BCUT2D eigenvalue weighted by atomic mass is 19.4. The van der Waals surface area contributed by atoms with Crippen molar-refractivity contribution in [3.8, 4) is 5.75 Å². The normalized spacial score (nSPS) is 11.4. The molecule has 5 nitrogen and oxygen atoms in total. The van der Waals surface area contributed by atoms with Crippen LogP contribution in [0.5, 0.6) is 5.75 Å². The van der Waals surface area contributed by atoms with Crippen LogP contribution in [0.15, 0.2) is 24.3 Å². The number of para-hydroxylation sites is 2. The second kappa shape index (κ2) is 9.24. The largest absolute Gasteiger partial charge is 0.573 e. The predicted molar refractivity (Wildman–Crippen MR) is 80.4 cm³/mol. The summed E-state index contributed by atoms with van der Waals surface area (Å²) < 4.78 is 46.0. The lowest BCUT2D eigenvalue weighted by Crippen LogP contribution is -2.30. The fourth-order valence-electron chi connectivity index (χ4n) is 1.65. The molecule has 0 saturated carbocycles. The Balaban J connectivity index is 2.37. The number of anilines is 1. The first-order chi connectivity index (χ1) is 10.8. The zero-order valence-corrected chi connectivity index (χ0v) is 13.1. The lowest BCUT2D eigenvalue weighted by Gasteiger charge is -2.14. The van der Waals surface area contributed by atoms with E-state index in [1.807, 2.05) is 13.8 Å². The van der Waals surface area contributed by atoms with Gasteiger partial charge in [-0.2, -0.15) is 0 Å². The van der Waals surface area contributed by atoms with E-state index in [0.29, 0.717) is 32.1 Å². The Morgan fingerprint density at radius 2 is 1.96 bits per heavy atom. The van der Waals surface area contributed by atoms with Crippen molar-refractivity contribution in [1.29, 1.82) is 0 Å². The molecule has 130 valence electrons. The van der Waals surface area contributed by atoms with Gasteiger partial charge in [0.05, 0.1) is 5.69 Å². The molecular weight excluding hydrogens is 313 g/mol. The number of urea groups is 1. The molecule has 0 aromatic heterocycles. The molecule has 0 radical (unpaired) electrons. The molecule has 0 bridgehead atoms. The molecule has 0 aliphatic heterocycles. The summed E-state index contributed by atoms with van der Waals surface area (Å²) in [6.07, 6.45) is -4.21. The Hall–Kier alpha value is -1.96. The molecule has 0 unspecified atom stereocenters. The van der Waals surface area contributed by atoms with Crippen LogP contribution in [0.2, 0.25) is 0 Å². The second-order valence-corrected chi connectivity index (χ2v) is 5.25. The van der Waals surface area contributed by atoms with Crippen molar-refractivity contribution in [3.05, 3.63) is 24.3 Å². The molecule has 2 amide bonds. The van der Waals surface area contributed by atoms with E-state index in [0.717, 1.165) is 6.07 Å². The van der Waals surface area contributed by atoms with Gasteiger partial charge in [0.15, 0.2) is 5.75 Å². The van der Waals surface area contributed by atoms with Crippen LogP contribution in [0.1, 0.15) is 20.3 Å². The maximum atomic E-state index is 12.3. The van der Waals surface area contributed by atoms with Gasteiger partial charge in [0, 0.05) is 19.8 Å². The fourth-order valence-corrected chi connectivity index (χ4v) is 1.65. The summed E-state index contributed by atoms with van der Waals surface area (Å²) in [5, 5.41) is 4.87. The summed E-state index contributed by atoms with van der Waals surface area (Å²) in [5.41, 5.74) is -0.0571. The van der Waals surface area contributed by atoms with Gasteiger partial charge in [-0.25, -0.2) is 4.79 Å². The first kappa shape index (κ1) is 19.1. The quantitative estimate of drug-likeness (QED) is 0.712. The highest BCUT2D eigenvalue weighted by molar-refractivity contribution is 5.90. The van der Waals surface area contributed by atoms with Crippen LogP contribution >= 0.6 is 0 Å². The number of hydrogen-bond acceptors (Lipinski definition) is 3. The summed E-state index contributed by atoms with van der Waals surface area (Å²) in [6.45, 7) is 5.57. The van der Waals surface area contributed by atoms with Crippen molar-refractivity contribution in [2.24, 2.45) is 5.92 Å². The number of ether oxygens (including phenoxy) is 2. The molecule has 0 heterocycles. The first-order valence-corrected chi connectivity index (χ1v) is 7.25. The summed E-state index contributed by atoms with van der Waals surface area (Å²) in [5.74, 6) is -0.0215. The van der Waals surface area contributed by atoms with Crippen molar-refractivity contribution >= 4 is 11.7 Å². The van der Waals surface area contributed by atoms with Gasteiger partial charge in [-0.05, 0) is 24.5 Å². The lowest BCUT2D eigenvalue weighted by atomic mass is 10.2. The minimum absolute atomic E-state index is 0.0571. The van der Waals surface area contributed by atoms with Crippen LogP contribution in [0.4, 0.5) is 23.7 Å². The molecule has 8 heteroatoms. The Kier molecular flexibility index (Phi) is 7.67. The number of amides is 2. The molecule has 0 saturated heterocycles. The first-order valence-electron chi connectivity index (χ1n) is 7.25. The van der Waals surface area contributed by atoms with E-state index in [4.69, 9.17) is 4.74 Å². The van der Waals surface area contributed by atoms with Crippen LogP contribution in [-0.2, 0) is 4.74 Å². The zero-order chi connectivity index (χ0) is 17.3. The predicted octanol–water partition coefficient (Wildman–Crippen LogP) is 3.77. The molecule has 0 spiro atoms. The molecule has 1 aromatic carbocycles. The van der Waals surface area contributed by atoms with E-state index < -0.39 is 18.1 Å². The number of alkyl halides is 3. The van der Waals surface area contributed by atoms with Gasteiger partial charge in [0.1, 0.15) is 0 Å². The summed E-state index contributed by atoms with van der Waals surface area (Å²) >= 11 is 0. The summed E-state index contributed by atoms with van der Waals surface area (Å²) in [4.78, 5) is 11.7. The van der Waals surface area contributed by atoms with E-state index in [1.165, 1.54) is 18.2 Å². The highest BCUT2D eigenvalue weighted by Gasteiger charge is 2.32. The Labute approximate surface area is 133 Å². The maximum Gasteiger partial charge on any atom is 0.573 e.